The molecule has 4 rings (SSSR count). The lowest BCUT2D eigenvalue weighted by atomic mass is 10.1. The average molecular weight is 364 g/mol. The monoisotopic (exact) mass is 364 g/mol. The predicted molar refractivity (Wildman–Crippen MR) is 104 cm³/mol. The molecule has 0 atom stereocenters. The Morgan fingerprint density at radius 2 is 1.92 bits per heavy atom. The molecule has 130 valence electrons. The van der Waals surface area contributed by atoms with Crippen LogP contribution in [0.1, 0.15) is 6.92 Å². The van der Waals surface area contributed by atoms with Crippen molar-refractivity contribution in [2.45, 2.75) is 6.92 Å². The van der Waals surface area contributed by atoms with E-state index in [2.05, 4.69) is 4.98 Å². The van der Waals surface area contributed by atoms with Crippen LogP contribution >= 0.6 is 12.2 Å². The molecule has 0 aliphatic rings. The maximum atomic E-state index is 12.4. The Balaban J connectivity index is 1.87. The fourth-order valence-electron chi connectivity index (χ4n) is 2.89. The van der Waals surface area contributed by atoms with Crippen LogP contribution < -0.4 is 10.4 Å². The summed E-state index contributed by atoms with van der Waals surface area (Å²) < 4.78 is 13.4. The number of aromatic amines is 1. The second-order valence-corrected chi connectivity index (χ2v) is 6.12. The molecule has 1 N–H and O–H groups in total. The van der Waals surface area contributed by atoms with E-state index in [1.54, 1.807) is 22.9 Å². The van der Waals surface area contributed by atoms with Crippen LogP contribution in [0.25, 0.3) is 27.9 Å². The van der Waals surface area contributed by atoms with E-state index in [1.807, 2.05) is 49.4 Å². The number of H-pyrrole nitrogens is 1. The lowest BCUT2D eigenvalue weighted by Crippen LogP contribution is -2.02. The predicted octanol–water partition coefficient (Wildman–Crippen LogP) is 4.71. The maximum absolute atomic E-state index is 12.4. The van der Waals surface area contributed by atoms with E-state index in [0.717, 1.165) is 16.8 Å². The first-order chi connectivity index (χ1) is 12.7. The lowest BCUT2D eigenvalue weighted by Gasteiger charge is -2.10. The van der Waals surface area contributed by atoms with Gasteiger partial charge in [0.05, 0.1) is 23.6 Å². The number of nitrogens with one attached hydrogen (secondary N) is 1. The Bertz CT molecular complexity index is 1200. The van der Waals surface area contributed by atoms with Crippen LogP contribution in [0.15, 0.2) is 70.0 Å². The molecule has 0 saturated heterocycles. The van der Waals surface area contributed by atoms with Crippen molar-refractivity contribution in [3.8, 4) is 22.7 Å². The first kappa shape index (κ1) is 16.4. The van der Waals surface area contributed by atoms with Crippen molar-refractivity contribution >= 4 is 23.2 Å². The number of rotatable bonds is 4. The van der Waals surface area contributed by atoms with E-state index in [4.69, 9.17) is 21.4 Å². The minimum atomic E-state index is -0.412. The summed E-state index contributed by atoms with van der Waals surface area (Å²) in [6.07, 6.45) is 1.79. The molecule has 5 nitrogen and oxygen atoms in total. The third kappa shape index (κ3) is 2.84. The first-order valence-electron chi connectivity index (χ1n) is 8.24. The van der Waals surface area contributed by atoms with Gasteiger partial charge < -0.3 is 14.1 Å². The van der Waals surface area contributed by atoms with E-state index < -0.39 is 5.63 Å². The number of hydrogen-bond acceptors (Lipinski definition) is 4. The van der Waals surface area contributed by atoms with Crippen LogP contribution in [0.4, 0.5) is 0 Å². The number of hydrogen-bond donors (Lipinski definition) is 1. The standard InChI is InChI=1S/C20H16N2O3S/c1-2-24-18-10-6-4-8-16(18)22-12-15(21-20(22)26)14-11-13-7-3-5-9-17(13)25-19(14)23/h3-12H,2H2,1H3,(H,21,26). The zero-order valence-corrected chi connectivity index (χ0v) is 14.9. The summed E-state index contributed by atoms with van der Waals surface area (Å²) in [5.74, 6) is 0.724. The SMILES string of the molecule is CCOc1ccccc1-n1cc(-c2cc3ccccc3oc2=O)[nH]c1=S. The van der Waals surface area contributed by atoms with Gasteiger partial charge in [-0.3, -0.25) is 4.57 Å². The van der Waals surface area contributed by atoms with Gasteiger partial charge in [0, 0.05) is 11.6 Å². The highest BCUT2D eigenvalue weighted by Gasteiger charge is 2.13. The molecule has 0 saturated carbocycles. The van der Waals surface area contributed by atoms with Crippen molar-refractivity contribution in [2.75, 3.05) is 6.61 Å². The van der Waals surface area contributed by atoms with Gasteiger partial charge in [0.15, 0.2) is 4.77 Å². The molecule has 2 heterocycles. The van der Waals surface area contributed by atoms with Gasteiger partial charge in [-0.2, -0.15) is 0 Å². The number of benzene rings is 2. The van der Waals surface area contributed by atoms with Crippen LogP contribution in [-0.2, 0) is 0 Å². The maximum Gasteiger partial charge on any atom is 0.345 e. The number of aromatic nitrogens is 2. The van der Waals surface area contributed by atoms with Gasteiger partial charge in [0.25, 0.3) is 0 Å². The van der Waals surface area contributed by atoms with Gasteiger partial charge in [-0.15, -0.1) is 0 Å². The van der Waals surface area contributed by atoms with Crippen molar-refractivity contribution in [3.05, 3.63) is 76.0 Å². The minimum absolute atomic E-state index is 0.412. The highest BCUT2D eigenvalue weighted by Crippen LogP contribution is 2.26. The number of ether oxygens (including phenoxy) is 1. The van der Waals surface area contributed by atoms with E-state index in [9.17, 15) is 4.79 Å². The molecule has 0 spiro atoms. The zero-order chi connectivity index (χ0) is 18.1. The number of imidazole rings is 1. The van der Waals surface area contributed by atoms with Crippen molar-refractivity contribution < 1.29 is 9.15 Å². The fraction of sp³-hybridized carbons (Fsp3) is 0.100. The van der Waals surface area contributed by atoms with Crippen molar-refractivity contribution in [3.63, 3.8) is 0 Å². The topological polar surface area (TPSA) is 60.2 Å². The summed E-state index contributed by atoms with van der Waals surface area (Å²) >= 11 is 5.46. The van der Waals surface area contributed by atoms with E-state index in [-0.39, 0.29) is 0 Å². The summed E-state index contributed by atoms with van der Waals surface area (Å²) in [6, 6.07) is 16.8. The van der Waals surface area contributed by atoms with Gasteiger partial charge in [-0.05, 0) is 43.4 Å². The van der Waals surface area contributed by atoms with E-state index in [1.165, 1.54) is 0 Å². The highest BCUT2D eigenvalue weighted by molar-refractivity contribution is 7.71. The molecular weight excluding hydrogens is 348 g/mol. The minimum Gasteiger partial charge on any atom is -0.492 e. The van der Waals surface area contributed by atoms with Crippen LogP contribution in [0.2, 0.25) is 0 Å². The Morgan fingerprint density at radius 1 is 1.15 bits per heavy atom. The molecular formula is C20H16N2O3S. The van der Waals surface area contributed by atoms with Crippen LogP contribution in [0.5, 0.6) is 5.75 Å². The van der Waals surface area contributed by atoms with E-state index >= 15 is 0 Å². The summed E-state index contributed by atoms with van der Waals surface area (Å²) in [6.45, 7) is 2.48. The smallest absolute Gasteiger partial charge is 0.345 e. The number of nitrogens with zero attached hydrogens (tertiary/aromatic N) is 1. The van der Waals surface area contributed by atoms with Gasteiger partial charge in [0.1, 0.15) is 11.3 Å². The number of fused-ring (bicyclic) bond motifs is 1. The summed E-state index contributed by atoms with van der Waals surface area (Å²) in [7, 11) is 0. The molecule has 0 amide bonds. The third-order valence-electron chi connectivity index (χ3n) is 4.07. The summed E-state index contributed by atoms with van der Waals surface area (Å²) in [4.78, 5) is 15.5. The fourth-order valence-corrected chi connectivity index (χ4v) is 3.16. The molecule has 0 fully saturated rings. The van der Waals surface area contributed by atoms with Crippen LogP contribution in [-0.4, -0.2) is 16.2 Å². The molecule has 26 heavy (non-hydrogen) atoms. The molecule has 0 bridgehead atoms. The molecule has 0 unspecified atom stereocenters. The average Bonchev–Trinajstić information content (AvgIpc) is 3.03. The first-order valence-corrected chi connectivity index (χ1v) is 8.65. The Kier molecular flexibility index (Phi) is 4.18. The van der Waals surface area contributed by atoms with Gasteiger partial charge in [-0.1, -0.05) is 30.3 Å². The van der Waals surface area contributed by atoms with Gasteiger partial charge in [0.2, 0.25) is 0 Å². The van der Waals surface area contributed by atoms with Gasteiger partial charge >= 0.3 is 5.63 Å². The lowest BCUT2D eigenvalue weighted by molar-refractivity contribution is 0.339. The molecule has 0 aliphatic carbocycles. The van der Waals surface area contributed by atoms with Crippen molar-refractivity contribution in [1.82, 2.24) is 9.55 Å². The summed E-state index contributed by atoms with van der Waals surface area (Å²) in [5.41, 5.74) is 1.99. The quantitative estimate of drug-likeness (QED) is 0.421. The Morgan fingerprint density at radius 3 is 2.77 bits per heavy atom. The van der Waals surface area contributed by atoms with E-state index in [0.29, 0.717) is 28.2 Å². The highest BCUT2D eigenvalue weighted by atomic mass is 32.1. The Hall–Kier alpha value is -3.12. The van der Waals surface area contributed by atoms with Crippen LogP contribution in [0.3, 0.4) is 0 Å². The van der Waals surface area contributed by atoms with Crippen LogP contribution in [0, 0.1) is 4.77 Å². The Labute approximate surface area is 154 Å². The molecule has 6 heteroatoms. The molecule has 2 aromatic carbocycles. The molecule has 4 aromatic rings. The second-order valence-electron chi connectivity index (χ2n) is 5.73. The molecule has 0 aliphatic heterocycles. The van der Waals surface area contributed by atoms with Crippen molar-refractivity contribution in [2.24, 2.45) is 0 Å². The second kappa shape index (κ2) is 6.65. The largest absolute Gasteiger partial charge is 0.492 e. The zero-order valence-electron chi connectivity index (χ0n) is 14.1. The molecule has 0 radical (unpaired) electrons. The third-order valence-corrected chi connectivity index (χ3v) is 4.37. The number of para-hydroxylation sites is 3. The van der Waals surface area contributed by atoms with Crippen molar-refractivity contribution in [1.29, 1.82) is 0 Å². The molecule has 2 aromatic heterocycles. The summed E-state index contributed by atoms with van der Waals surface area (Å²) in [5, 5.41) is 0.851. The normalized spacial score (nSPS) is 11.0. The van der Waals surface area contributed by atoms with Gasteiger partial charge in [-0.25, -0.2) is 4.79 Å².